The van der Waals surface area contributed by atoms with E-state index in [9.17, 15) is 4.79 Å². The number of hydrogen-bond donors (Lipinski definition) is 1. The first-order valence-electron chi connectivity index (χ1n) is 7.14. The predicted octanol–water partition coefficient (Wildman–Crippen LogP) is 3.38. The van der Waals surface area contributed by atoms with E-state index in [-0.39, 0.29) is 5.91 Å². The SMILES string of the molecule is CC(CC1CCC1)Nc1ccc(C(=O)N(C)C)cc1. The Balaban J connectivity index is 1.88. The fourth-order valence-corrected chi connectivity index (χ4v) is 2.54. The second-order valence-electron chi connectivity index (χ2n) is 5.85. The molecule has 104 valence electrons. The molecule has 0 radical (unpaired) electrons. The molecule has 1 unspecified atom stereocenters. The van der Waals surface area contributed by atoms with Crippen LogP contribution in [-0.2, 0) is 0 Å². The summed E-state index contributed by atoms with van der Waals surface area (Å²) in [5.41, 5.74) is 1.84. The van der Waals surface area contributed by atoms with Crippen LogP contribution in [0.1, 0.15) is 43.0 Å². The quantitative estimate of drug-likeness (QED) is 0.880. The van der Waals surface area contributed by atoms with E-state index in [1.165, 1.54) is 25.7 Å². The van der Waals surface area contributed by atoms with Gasteiger partial charge in [0.2, 0.25) is 0 Å². The molecule has 0 bridgehead atoms. The van der Waals surface area contributed by atoms with E-state index in [1.54, 1.807) is 19.0 Å². The summed E-state index contributed by atoms with van der Waals surface area (Å²) >= 11 is 0. The maximum absolute atomic E-state index is 11.8. The molecule has 3 heteroatoms. The van der Waals surface area contributed by atoms with Crippen molar-refractivity contribution in [2.45, 2.75) is 38.6 Å². The Morgan fingerprint density at radius 3 is 2.42 bits per heavy atom. The van der Waals surface area contributed by atoms with Gasteiger partial charge in [-0.25, -0.2) is 0 Å². The van der Waals surface area contributed by atoms with Gasteiger partial charge in [-0.1, -0.05) is 19.3 Å². The molecule has 1 aliphatic rings. The van der Waals surface area contributed by atoms with E-state index in [0.717, 1.165) is 17.2 Å². The molecule has 0 aliphatic heterocycles. The van der Waals surface area contributed by atoms with Crippen molar-refractivity contribution in [3.05, 3.63) is 29.8 Å². The molecular formula is C16H24N2O. The number of carbonyl (C=O) groups is 1. The summed E-state index contributed by atoms with van der Waals surface area (Å²) in [5.74, 6) is 0.964. The normalized spacial score (nSPS) is 16.6. The lowest BCUT2D eigenvalue weighted by molar-refractivity contribution is 0.0827. The maximum Gasteiger partial charge on any atom is 0.253 e. The van der Waals surface area contributed by atoms with Crippen molar-refractivity contribution in [2.75, 3.05) is 19.4 Å². The molecule has 0 saturated heterocycles. The summed E-state index contributed by atoms with van der Waals surface area (Å²) < 4.78 is 0. The van der Waals surface area contributed by atoms with Crippen LogP contribution in [0, 0.1) is 5.92 Å². The molecule has 0 aromatic heterocycles. The average Bonchev–Trinajstić information content (AvgIpc) is 2.34. The van der Waals surface area contributed by atoms with Crippen molar-refractivity contribution in [3.8, 4) is 0 Å². The number of rotatable bonds is 5. The van der Waals surface area contributed by atoms with Gasteiger partial charge in [0.05, 0.1) is 0 Å². The zero-order valence-corrected chi connectivity index (χ0v) is 12.1. The van der Waals surface area contributed by atoms with E-state index in [1.807, 2.05) is 24.3 Å². The van der Waals surface area contributed by atoms with Crippen LogP contribution in [0.3, 0.4) is 0 Å². The lowest BCUT2D eigenvalue weighted by Gasteiger charge is -2.28. The molecule has 1 aromatic carbocycles. The second kappa shape index (κ2) is 6.09. The van der Waals surface area contributed by atoms with Crippen LogP contribution >= 0.6 is 0 Å². The summed E-state index contributed by atoms with van der Waals surface area (Å²) in [4.78, 5) is 13.4. The number of benzene rings is 1. The molecule has 0 heterocycles. The monoisotopic (exact) mass is 260 g/mol. The van der Waals surface area contributed by atoms with Crippen LogP contribution in [0.4, 0.5) is 5.69 Å². The van der Waals surface area contributed by atoms with Gasteiger partial charge in [0, 0.05) is 31.4 Å². The number of nitrogens with one attached hydrogen (secondary N) is 1. The zero-order valence-electron chi connectivity index (χ0n) is 12.1. The largest absolute Gasteiger partial charge is 0.383 e. The number of carbonyl (C=O) groups excluding carboxylic acids is 1. The van der Waals surface area contributed by atoms with Crippen LogP contribution in [0.2, 0.25) is 0 Å². The van der Waals surface area contributed by atoms with Gasteiger partial charge in [-0.15, -0.1) is 0 Å². The molecule has 1 aromatic rings. The minimum absolute atomic E-state index is 0.0501. The average molecular weight is 260 g/mol. The highest BCUT2D eigenvalue weighted by molar-refractivity contribution is 5.94. The molecule has 1 aliphatic carbocycles. The third-order valence-corrected chi connectivity index (χ3v) is 3.86. The summed E-state index contributed by atoms with van der Waals surface area (Å²) in [6.45, 7) is 2.23. The molecule has 0 spiro atoms. The zero-order chi connectivity index (χ0) is 13.8. The highest BCUT2D eigenvalue weighted by Gasteiger charge is 2.19. The van der Waals surface area contributed by atoms with Gasteiger partial charge < -0.3 is 10.2 Å². The summed E-state index contributed by atoms with van der Waals surface area (Å²) in [6.07, 6.45) is 5.43. The molecule has 1 amide bonds. The first kappa shape index (κ1) is 13.9. The summed E-state index contributed by atoms with van der Waals surface area (Å²) in [5, 5.41) is 3.51. The Bertz CT molecular complexity index is 421. The van der Waals surface area contributed by atoms with Gasteiger partial charge in [0.25, 0.3) is 5.91 Å². The fraction of sp³-hybridized carbons (Fsp3) is 0.562. The standard InChI is InChI=1S/C16H24N2O/c1-12(11-13-5-4-6-13)17-15-9-7-14(8-10-15)16(19)18(2)3/h7-10,12-13,17H,4-6,11H2,1-3H3. The minimum atomic E-state index is 0.0501. The number of anilines is 1. The van der Waals surface area contributed by atoms with Gasteiger partial charge in [-0.3, -0.25) is 4.79 Å². The topological polar surface area (TPSA) is 32.3 Å². The molecular weight excluding hydrogens is 236 g/mol. The summed E-state index contributed by atoms with van der Waals surface area (Å²) in [7, 11) is 3.55. The molecule has 3 nitrogen and oxygen atoms in total. The third-order valence-electron chi connectivity index (χ3n) is 3.86. The third kappa shape index (κ3) is 3.72. The van der Waals surface area contributed by atoms with Crippen LogP contribution in [-0.4, -0.2) is 30.9 Å². The number of nitrogens with zero attached hydrogens (tertiary/aromatic N) is 1. The second-order valence-corrected chi connectivity index (χ2v) is 5.85. The Labute approximate surface area is 116 Å². The molecule has 2 rings (SSSR count). The molecule has 1 fully saturated rings. The van der Waals surface area contributed by atoms with Crippen LogP contribution in [0.15, 0.2) is 24.3 Å². The molecule has 19 heavy (non-hydrogen) atoms. The Hall–Kier alpha value is -1.51. The van der Waals surface area contributed by atoms with E-state index >= 15 is 0 Å². The van der Waals surface area contributed by atoms with Gasteiger partial charge in [-0.05, 0) is 43.5 Å². The van der Waals surface area contributed by atoms with Gasteiger partial charge >= 0.3 is 0 Å². The Kier molecular flexibility index (Phi) is 4.46. The van der Waals surface area contributed by atoms with Crippen molar-refractivity contribution >= 4 is 11.6 Å². The van der Waals surface area contributed by atoms with Crippen molar-refractivity contribution < 1.29 is 4.79 Å². The van der Waals surface area contributed by atoms with Crippen LogP contribution < -0.4 is 5.32 Å². The van der Waals surface area contributed by atoms with Crippen LogP contribution in [0.25, 0.3) is 0 Å². The molecule has 1 saturated carbocycles. The van der Waals surface area contributed by atoms with Crippen molar-refractivity contribution in [3.63, 3.8) is 0 Å². The minimum Gasteiger partial charge on any atom is -0.383 e. The van der Waals surface area contributed by atoms with Gasteiger partial charge in [0.1, 0.15) is 0 Å². The van der Waals surface area contributed by atoms with Crippen LogP contribution in [0.5, 0.6) is 0 Å². The van der Waals surface area contributed by atoms with Crippen molar-refractivity contribution in [1.82, 2.24) is 4.90 Å². The molecule has 1 atom stereocenters. The first-order valence-corrected chi connectivity index (χ1v) is 7.14. The van der Waals surface area contributed by atoms with Crippen molar-refractivity contribution in [2.24, 2.45) is 5.92 Å². The Morgan fingerprint density at radius 2 is 1.95 bits per heavy atom. The first-order chi connectivity index (χ1) is 9.06. The predicted molar refractivity (Wildman–Crippen MR) is 79.5 cm³/mol. The number of hydrogen-bond acceptors (Lipinski definition) is 2. The lowest BCUT2D eigenvalue weighted by atomic mass is 9.81. The van der Waals surface area contributed by atoms with Gasteiger partial charge in [0.15, 0.2) is 0 Å². The fourth-order valence-electron chi connectivity index (χ4n) is 2.54. The van der Waals surface area contributed by atoms with E-state index < -0.39 is 0 Å². The highest BCUT2D eigenvalue weighted by Crippen LogP contribution is 2.31. The summed E-state index contributed by atoms with van der Waals surface area (Å²) in [6, 6.07) is 8.27. The smallest absolute Gasteiger partial charge is 0.253 e. The highest BCUT2D eigenvalue weighted by atomic mass is 16.2. The van der Waals surface area contributed by atoms with E-state index in [4.69, 9.17) is 0 Å². The maximum atomic E-state index is 11.8. The Morgan fingerprint density at radius 1 is 1.32 bits per heavy atom. The lowest BCUT2D eigenvalue weighted by Crippen LogP contribution is -2.23. The van der Waals surface area contributed by atoms with E-state index in [0.29, 0.717) is 6.04 Å². The van der Waals surface area contributed by atoms with Gasteiger partial charge in [-0.2, -0.15) is 0 Å². The van der Waals surface area contributed by atoms with E-state index in [2.05, 4.69) is 12.2 Å². The molecule has 1 N–H and O–H groups in total. The number of amides is 1. The van der Waals surface area contributed by atoms with Crippen molar-refractivity contribution in [1.29, 1.82) is 0 Å².